The predicted molar refractivity (Wildman–Crippen MR) is 68.5 cm³/mol. The van der Waals surface area contributed by atoms with Gasteiger partial charge in [-0.15, -0.1) is 0 Å². The maximum Gasteiger partial charge on any atom is 0.0741 e. The summed E-state index contributed by atoms with van der Waals surface area (Å²) in [6.07, 6.45) is 7.46. The van der Waals surface area contributed by atoms with Gasteiger partial charge < -0.3 is 10.4 Å². The molecule has 0 spiro atoms. The summed E-state index contributed by atoms with van der Waals surface area (Å²) in [5.74, 6) is 0. The monoisotopic (exact) mass is 231 g/mol. The van der Waals surface area contributed by atoms with Crippen molar-refractivity contribution in [2.24, 2.45) is 0 Å². The summed E-state index contributed by atoms with van der Waals surface area (Å²) in [6, 6.07) is 0.741. The van der Waals surface area contributed by atoms with Crippen molar-refractivity contribution >= 4 is 11.8 Å². The first-order valence-electron chi connectivity index (χ1n) is 5.96. The quantitative estimate of drug-likeness (QED) is 0.779. The summed E-state index contributed by atoms with van der Waals surface area (Å²) in [7, 11) is 0. The second-order valence-electron chi connectivity index (χ2n) is 5.21. The molecule has 0 saturated heterocycles. The fourth-order valence-electron chi connectivity index (χ4n) is 2.09. The van der Waals surface area contributed by atoms with E-state index in [9.17, 15) is 5.11 Å². The highest BCUT2D eigenvalue weighted by atomic mass is 32.2. The maximum absolute atomic E-state index is 9.91. The lowest BCUT2D eigenvalue weighted by atomic mass is 9.92. The van der Waals surface area contributed by atoms with Crippen LogP contribution in [0.1, 0.15) is 46.5 Å². The van der Waals surface area contributed by atoms with Gasteiger partial charge in [-0.3, -0.25) is 0 Å². The third kappa shape index (κ3) is 3.97. The first kappa shape index (κ1) is 13.3. The Morgan fingerprint density at radius 3 is 2.47 bits per heavy atom. The van der Waals surface area contributed by atoms with Crippen molar-refractivity contribution < 1.29 is 5.11 Å². The second kappa shape index (κ2) is 5.55. The maximum atomic E-state index is 9.91. The number of aliphatic hydroxyl groups is 1. The van der Waals surface area contributed by atoms with Gasteiger partial charge in [-0.2, -0.15) is 11.8 Å². The number of hydrogen-bond donors (Lipinski definition) is 2. The minimum Gasteiger partial charge on any atom is -0.389 e. The molecule has 0 aromatic rings. The molecule has 90 valence electrons. The molecule has 3 atom stereocenters. The van der Waals surface area contributed by atoms with Crippen LogP contribution in [0.4, 0.5) is 0 Å². The van der Waals surface area contributed by atoms with E-state index in [2.05, 4.69) is 18.5 Å². The van der Waals surface area contributed by atoms with Crippen molar-refractivity contribution in [1.82, 2.24) is 5.32 Å². The van der Waals surface area contributed by atoms with Crippen molar-refractivity contribution in [3.05, 3.63) is 0 Å². The van der Waals surface area contributed by atoms with E-state index in [0.29, 0.717) is 6.04 Å². The van der Waals surface area contributed by atoms with Crippen molar-refractivity contribution in [3.63, 3.8) is 0 Å². The van der Waals surface area contributed by atoms with Crippen LogP contribution in [0.5, 0.6) is 0 Å². The largest absolute Gasteiger partial charge is 0.389 e. The lowest BCUT2D eigenvalue weighted by molar-refractivity contribution is 0.0381. The topological polar surface area (TPSA) is 32.3 Å². The Morgan fingerprint density at radius 2 is 1.93 bits per heavy atom. The SMILES string of the molecule is CSC1CCCCC1NC(C)C(C)(C)O. The highest BCUT2D eigenvalue weighted by Gasteiger charge is 2.29. The van der Waals surface area contributed by atoms with Gasteiger partial charge in [0.05, 0.1) is 5.60 Å². The average Bonchev–Trinajstić information content (AvgIpc) is 2.17. The van der Waals surface area contributed by atoms with Crippen LogP contribution >= 0.6 is 11.8 Å². The second-order valence-corrected chi connectivity index (χ2v) is 6.28. The number of thioether (sulfide) groups is 1. The van der Waals surface area contributed by atoms with Crippen LogP contribution in [-0.2, 0) is 0 Å². The molecular formula is C12H25NOS. The molecular weight excluding hydrogens is 206 g/mol. The number of nitrogens with one attached hydrogen (secondary N) is 1. The van der Waals surface area contributed by atoms with Crippen molar-refractivity contribution in [2.45, 2.75) is 69.4 Å². The van der Waals surface area contributed by atoms with Crippen LogP contribution in [0.15, 0.2) is 0 Å². The molecule has 1 fully saturated rings. The van der Waals surface area contributed by atoms with Crippen molar-refractivity contribution in [3.8, 4) is 0 Å². The lowest BCUT2D eigenvalue weighted by Gasteiger charge is -2.37. The zero-order chi connectivity index (χ0) is 11.5. The molecule has 0 bridgehead atoms. The zero-order valence-electron chi connectivity index (χ0n) is 10.4. The number of rotatable bonds is 4. The molecule has 0 aliphatic heterocycles. The van der Waals surface area contributed by atoms with Crippen molar-refractivity contribution in [1.29, 1.82) is 0 Å². The van der Waals surface area contributed by atoms with E-state index >= 15 is 0 Å². The summed E-state index contributed by atoms with van der Waals surface area (Å²) >= 11 is 1.96. The first-order chi connectivity index (χ1) is 6.95. The van der Waals surface area contributed by atoms with E-state index in [-0.39, 0.29) is 6.04 Å². The van der Waals surface area contributed by atoms with E-state index in [1.54, 1.807) is 0 Å². The summed E-state index contributed by atoms with van der Waals surface area (Å²) in [5.41, 5.74) is -0.625. The van der Waals surface area contributed by atoms with Crippen LogP contribution in [-0.4, -0.2) is 34.3 Å². The molecule has 15 heavy (non-hydrogen) atoms. The van der Waals surface area contributed by atoms with E-state index in [1.165, 1.54) is 25.7 Å². The Hall–Kier alpha value is 0.270. The smallest absolute Gasteiger partial charge is 0.0741 e. The minimum atomic E-state index is -0.625. The fourth-order valence-corrected chi connectivity index (χ4v) is 3.04. The highest BCUT2D eigenvalue weighted by Crippen LogP contribution is 2.28. The summed E-state index contributed by atoms with van der Waals surface area (Å²) in [4.78, 5) is 0. The molecule has 1 aliphatic rings. The molecule has 1 rings (SSSR count). The molecule has 0 radical (unpaired) electrons. The van der Waals surface area contributed by atoms with Crippen LogP contribution in [0, 0.1) is 0 Å². The van der Waals surface area contributed by atoms with E-state index < -0.39 is 5.60 Å². The Kier molecular flexibility index (Phi) is 4.94. The summed E-state index contributed by atoms with van der Waals surface area (Å²) < 4.78 is 0. The Bertz CT molecular complexity index is 191. The molecule has 0 aromatic carbocycles. The fraction of sp³-hybridized carbons (Fsp3) is 1.00. The van der Waals surface area contributed by atoms with Gasteiger partial charge in [-0.1, -0.05) is 12.8 Å². The molecule has 3 unspecified atom stereocenters. The van der Waals surface area contributed by atoms with Gasteiger partial charge in [-0.05, 0) is 39.9 Å². The van der Waals surface area contributed by atoms with Crippen molar-refractivity contribution in [2.75, 3.05) is 6.26 Å². The zero-order valence-corrected chi connectivity index (χ0v) is 11.2. The molecule has 0 heterocycles. The van der Waals surface area contributed by atoms with Gasteiger partial charge >= 0.3 is 0 Å². The van der Waals surface area contributed by atoms with Gasteiger partial charge in [-0.25, -0.2) is 0 Å². The summed E-state index contributed by atoms with van der Waals surface area (Å²) in [5, 5.41) is 14.2. The molecule has 0 aromatic heterocycles. The standard InChI is InChI=1S/C12H25NOS/c1-9(12(2,3)14)13-10-7-5-6-8-11(10)15-4/h9-11,13-14H,5-8H2,1-4H3. The van der Waals surface area contributed by atoms with Gasteiger partial charge in [0, 0.05) is 17.3 Å². The molecule has 3 heteroatoms. The number of hydrogen-bond acceptors (Lipinski definition) is 3. The van der Waals surface area contributed by atoms with Crippen LogP contribution in [0.25, 0.3) is 0 Å². The minimum absolute atomic E-state index is 0.162. The van der Waals surface area contributed by atoms with E-state index in [4.69, 9.17) is 0 Å². The summed E-state index contributed by atoms with van der Waals surface area (Å²) in [6.45, 7) is 5.83. The molecule has 1 saturated carbocycles. The molecule has 1 aliphatic carbocycles. The highest BCUT2D eigenvalue weighted by molar-refractivity contribution is 7.99. The average molecular weight is 231 g/mol. The Labute approximate surface area is 98.2 Å². The van der Waals surface area contributed by atoms with Gasteiger partial charge in [0.25, 0.3) is 0 Å². The third-order valence-corrected chi connectivity index (χ3v) is 4.70. The van der Waals surface area contributed by atoms with Gasteiger partial charge in [0.15, 0.2) is 0 Å². The van der Waals surface area contributed by atoms with E-state index in [1.807, 2.05) is 25.6 Å². The van der Waals surface area contributed by atoms with E-state index in [0.717, 1.165) is 5.25 Å². The molecule has 2 nitrogen and oxygen atoms in total. The van der Waals surface area contributed by atoms with Gasteiger partial charge in [0.2, 0.25) is 0 Å². The van der Waals surface area contributed by atoms with Crippen LogP contribution < -0.4 is 5.32 Å². The lowest BCUT2D eigenvalue weighted by Crippen LogP contribution is -2.52. The third-order valence-electron chi connectivity index (χ3n) is 3.53. The first-order valence-corrected chi connectivity index (χ1v) is 7.25. The Balaban J connectivity index is 2.48. The molecule has 2 N–H and O–H groups in total. The predicted octanol–water partition coefficient (Wildman–Crippen LogP) is 2.41. The molecule has 0 amide bonds. The van der Waals surface area contributed by atoms with Crippen LogP contribution in [0.2, 0.25) is 0 Å². The van der Waals surface area contributed by atoms with Gasteiger partial charge in [0.1, 0.15) is 0 Å². The normalized spacial score (nSPS) is 30.2. The van der Waals surface area contributed by atoms with Crippen LogP contribution in [0.3, 0.4) is 0 Å². The Morgan fingerprint density at radius 1 is 1.33 bits per heavy atom.